The number of esters is 1. The fourth-order valence-electron chi connectivity index (χ4n) is 4.23. The number of anilines is 2. The van der Waals surface area contributed by atoms with Crippen LogP contribution in [0.15, 0.2) is 54.1 Å². The minimum absolute atomic E-state index is 0.0770. The summed E-state index contributed by atoms with van der Waals surface area (Å²) in [5.74, 6) is -2.06. The first kappa shape index (κ1) is 26.9. The summed E-state index contributed by atoms with van der Waals surface area (Å²) in [6.07, 6.45) is 0. The number of benzene rings is 2. The van der Waals surface area contributed by atoms with Crippen molar-refractivity contribution >= 4 is 45.6 Å². The van der Waals surface area contributed by atoms with Crippen molar-refractivity contribution in [3.8, 4) is 5.75 Å². The average Bonchev–Trinajstić information content (AvgIpc) is 3.41. The molecule has 0 radical (unpaired) electrons. The number of aromatic nitrogens is 1. The monoisotopic (exact) mass is 535 g/mol. The standard InChI is InChI=1S/C28H29N3O6S/c1-6-36-20-10-8-9-18(15-20)23(32)21-22(17-11-13-19(14-12-17)30(4)5)31(26(34)24(21)33)28-29-16(3)25(38-28)27(35)37-7-2/h8-15,22,32H,6-7H2,1-5H3. The first-order chi connectivity index (χ1) is 18.2. The number of nitrogens with zero attached hydrogens (tertiary/aromatic N) is 3. The molecule has 0 saturated carbocycles. The first-order valence-electron chi connectivity index (χ1n) is 12.1. The van der Waals surface area contributed by atoms with Crippen LogP contribution in [-0.4, -0.2) is 55.1 Å². The van der Waals surface area contributed by atoms with Crippen molar-refractivity contribution in [3.05, 3.63) is 75.8 Å². The van der Waals surface area contributed by atoms with Crippen molar-refractivity contribution in [1.29, 1.82) is 0 Å². The number of rotatable bonds is 8. The van der Waals surface area contributed by atoms with Crippen LogP contribution in [0.2, 0.25) is 0 Å². The van der Waals surface area contributed by atoms with Crippen LogP contribution in [0.3, 0.4) is 0 Å². The number of aryl methyl sites for hydroxylation is 1. The number of aliphatic hydroxyl groups is 1. The lowest BCUT2D eigenvalue weighted by molar-refractivity contribution is -0.132. The van der Waals surface area contributed by atoms with Crippen LogP contribution in [0.5, 0.6) is 5.75 Å². The number of aliphatic hydroxyl groups excluding tert-OH is 1. The molecule has 10 heteroatoms. The van der Waals surface area contributed by atoms with Gasteiger partial charge in [-0.25, -0.2) is 9.78 Å². The molecule has 1 aliphatic heterocycles. The van der Waals surface area contributed by atoms with E-state index < -0.39 is 23.7 Å². The van der Waals surface area contributed by atoms with Crippen molar-refractivity contribution in [2.45, 2.75) is 26.8 Å². The van der Waals surface area contributed by atoms with Crippen molar-refractivity contribution in [3.63, 3.8) is 0 Å². The van der Waals surface area contributed by atoms with E-state index in [1.54, 1.807) is 50.2 Å². The van der Waals surface area contributed by atoms with Gasteiger partial charge in [-0.1, -0.05) is 35.6 Å². The fraction of sp³-hybridized carbons (Fsp3) is 0.286. The zero-order valence-electron chi connectivity index (χ0n) is 21.8. The summed E-state index contributed by atoms with van der Waals surface area (Å²) >= 11 is 0.970. The summed E-state index contributed by atoms with van der Waals surface area (Å²) in [7, 11) is 3.81. The lowest BCUT2D eigenvalue weighted by Crippen LogP contribution is -2.29. The van der Waals surface area contributed by atoms with Crippen LogP contribution in [-0.2, 0) is 14.3 Å². The summed E-state index contributed by atoms with van der Waals surface area (Å²) in [5, 5.41) is 11.5. The number of ether oxygens (including phenoxy) is 2. The Morgan fingerprint density at radius 1 is 1.11 bits per heavy atom. The van der Waals surface area contributed by atoms with Gasteiger partial charge in [-0.05, 0) is 50.6 Å². The van der Waals surface area contributed by atoms with Crippen molar-refractivity contribution < 1.29 is 29.0 Å². The van der Waals surface area contributed by atoms with Gasteiger partial charge in [-0.2, -0.15) is 0 Å². The summed E-state index contributed by atoms with van der Waals surface area (Å²) < 4.78 is 10.7. The predicted octanol–water partition coefficient (Wildman–Crippen LogP) is 4.72. The Morgan fingerprint density at radius 3 is 2.45 bits per heavy atom. The van der Waals surface area contributed by atoms with Gasteiger partial charge in [0.2, 0.25) is 0 Å². The Morgan fingerprint density at radius 2 is 1.82 bits per heavy atom. The summed E-state index contributed by atoms with van der Waals surface area (Å²) in [5.41, 5.74) is 2.17. The van der Waals surface area contributed by atoms with Gasteiger partial charge >= 0.3 is 11.9 Å². The smallest absolute Gasteiger partial charge is 0.350 e. The highest BCUT2D eigenvalue weighted by atomic mass is 32.1. The molecule has 1 aromatic heterocycles. The molecule has 1 N–H and O–H groups in total. The molecule has 2 heterocycles. The van der Waals surface area contributed by atoms with Crippen LogP contribution < -0.4 is 14.5 Å². The van der Waals surface area contributed by atoms with Crippen LogP contribution in [0.1, 0.15) is 46.4 Å². The number of Topliss-reactive ketones (excluding diaryl/α,β-unsaturated/α-hetero) is 1. The Labute approximate surface area is 224 Å². The van der Waals surface area contributed by atoms with Crippen LogP contribution >= 0.6 is 11.3 Å². The molecule has 0 aliphatic carbocycles. The van der Waals surface area contributed by atoms with Gasteiger partial charge in [-0.15, -0.1) is 0 Å². The average molecular weight is 536 g/mol. The maximum Gasteiger partial charge on any atom is 0.350 e. The summed E-state index contributed by atoms with van der Waals surface area (Å²) in [6, 6.07) is 13.1. The van der Waals surface area contributed by atoms with E-state index >= 15 is 0 Å². The maximum absolute atomic E-state index is 13.4. The van der Waals surface area contributed by atoms with Gasteiger partial charge < -0.3 is 19.5 Å². The molecular weight excluding hydrogens is 506 g/mol. The molecule has 1 saturated heterocycles. The van der Waals surface area contributed by atoms with Crippen molar-refractivity contribution in [1.82, 2.24) is 4.98 Å². The zero-order valence-corrected chi connectivity index (χ0v) is 22.7. The lowest BCUT2D eigenvalue weighted by Gasteiger charge is -2.23. The van der Waals surface area contributed by atoms with E-state index in [1.165, 1.54) is 4.90 Å². The second kappa shape index (κ2) is 11.1. The molecule has 1 fully saturated rings. The number of hydrogen-bond acceptors (Lipinski definition) is 9. The number of hydrogen-bond donors (Lipinski definition) is 1. The van der Waals surface area contributed by atoms with Crippen molar-refractivity contribution in [2.75, 3.05) is 37.1 Å². The highest BCUT2D eigenvalue weighted by Crippen LogP contribution is 2.44. The van der Waals surface area contributed by atoms with E-state index in [2.05, 4.69) is 4.98 Å². The molecule has 198 valence electrons. The largest absolute Gasteiger partial charge is 0.507 e. The van der Waals surface area contributed by atoms with E-state index in [1.807, 2.05) is 38.1 Å². The minimum atomic E-state index is -0.970. The van der Waals surface area contributed by atoms with Gasteiger partial charge in [0.1, 0.15) is 16.4 Å². The molecule has 38 heavy (non-hydrogen) atoms. The molecular formula is C28H29N3O6S. The molecule has 3 aromatic rings. The molecule has 1 amide bonds. The topological polar surface area (TPSA) is 109 Å². The van der Waals surface area contributed by atoms with E-state index in [9.17, 15) is 19.5 Å². The maximum atomic E-state index is 13.4. The van der Waals surface area contributed by atoms with Gasteiger partial charge in [0.25, 0.3) is 5.78 Å². The Kier molecular flexibility index (Phi) is 7.82. The normalized spacial score (nSPS) is 16.6. The third kappa shape index (κ3) is 4.99. The van der Waals surface area contributed by atoms with E-state index in [-0.39, 0.29) is 27.9 Å². The van der Waals surface area contributed by atoms with Gasteiger partial charge in [0, 0.05) is 25.3 Å². The van der Waals surface area contributed by atoms with Crippen LogP contribution in [0.25, 0.3) is 5.76 Å². The molecule has 4 rings (SSSR count). The first-order valence-corrected chi connectivity index (χ1v) is 13.0. The quantitative estimate of drug-likeness (QED) is 0.191. The van der Waals surface area contributed by atoms with Gasteiger partial charge in [-0.3, -0.25) is 14.5 Å². The number of carbonyl (C=O) groups excluding carboxylic acids is 3. The van der Waals surface area contributed by atoms with E-state index in [0.29, 0.717) is 29.2 Å². The fourth-order valence-corrected chi connectivity index (χ4v) is 5.21. The minimum Gasteiger partial charge on any atom is -0.507 e. The Balaban J connectivity index is 1.90. The van der Waals surface area contributed by atoms with E-state index in [4.69, 9.17) is 9.47 Å². The molecule has 2 aromatic carbocycles. The summed E-state index contributed by atoms with van der Waals surface area (Å²) in [6.45, 7) is 5.80. The predicted molar refractivity (Wildman–Crippen MR) is 146 cm³/mol. The second-order valence-electron chi connectivity index (χ2n) is 8.75. The summed E-state index contributed by atoms with van der Waals surface area (Å²) in [4.78, 5) is 47.2. The molecule has 1 atom stereocenters. The third-order valence-corrected chi connectivity index (χ3v) is 7.18. The molecule has 0 bridgehead atoms. The number of amides is 1. The Bertz CT molecular complexity index is 1410. The van der Waals surface area contributed by atoms with E-state index in [0.717, 1.165) is 17.0 Å². The molecule has 0 spiro atoms. The lowest BCUT2D eigenvalue weighted by atomic mass is 9.95. The van der Waals surface area contributed by atoms with Crippen LogP contribution in [0, 0.1) is 6.92 Å². The highest BCUT2D eigenvalue weighted by Gasteiger charge is 2.48. The molecule has 1 aliphatic rings. The Hall–Kier alpha value is -4.18. The second-order valence-corrected chi connectivity index (χ2v) is 9.72. The van der Waals surface area contributed by atoms with Crippen LogP contribution in [0.4, 0.5) is 10.8 Å². The SMILES string of the molecule is CCOC(=O)c1sc(N2C(=O)C(=O)C(=C(O)c3cccc(OCC)c3)C2c2ccc(N(C)C)cc2)nc1C. The molecule has 9 nitrogen and oxygen atoms in total. The zero-order chi connectivity index (χ0) is 27.6. The van der Waals surface area contributed by atoms with Gasteiger partial charge in [0.15, 0.2) is 5.13 Å². The number of ketones is 1. The van der Waals surface area contributed by atoms with Gasteiger partial charge in [0.05, 0.1) is 30.5 Å². The number of carbonyl (C=O) groups is 3. The van der Waals surface area contributed by atoms with Crippen molar-refractivity contribution in [2.24, 2.45) is 0 Å². The third-order valence-electron chi connectivity index (χ3n) is 6.04. The number of thiazole rings is 1. The highest BCUT2D eigenvalue weighted by molar-refractivity contribution is 7.17. The molecule has 1 unspecified atom stereocenters.